The number of benzene rings is 2. The first-order chi connectivity index (χ1) is 21.9. The van der Waals surface area contributed by atoms with Crippen LogP contribution >= 0.6 is 0 Å². The Morgan fingerprint density at radius 2 is 1.74 bits per heavy atom. The molecule has 0 bridgehead atoms. The Bertz CT molecular complexity index is 1670. The van der Waals surface area contributed by atoms with E-state index in [4.69, 9.17) is 9.47 Å². The van der Waals surface area contributed by atoms with Gasteiger partial charge in [0.25, 0.3) is 0 Å². The van der Waals surface area contributed by atoms with E-state index >= 15 is 0 Å². The van der Waals surface area contributed by atoms with Gasteiger partial charge in [0.2, 0.25) is 10.0 Å². The summed E-state index contributed by atoms with van der Waals surface area (Å²) in [7, 11) is 1.85. The Balaban J connectivity index is 1.32. The molecule has 9 nitrogen and oxygen atoms in total. The first kappa shape index (κ1) is 33.9. The van der Waals surface area contributed by atoms with Crippen LogP contribution in [0.5, 0.6) is 5.75 Å². The molecule has 3 aromatic rings. The van der Waals surface area contributed by atoms with Crippen LogP contribution in [-0.4, -0.2) is 83.2 Å². The Hall–Kier alpha value is -3.44. The molecule has 0 atom stereocenters. The fourth-order valence-corrected chi connectivity index (χ4v) is 7.50. The minimum absolute atomic E-state index is 0.0688. The summed E-state index contributed by atoms with van der Waals surface area (Å²) in [6, 6.07) is 12.2. The summed E-state index contributed by atoms with van der Waals surface area (Å²) in [6.45, 7) is -0.0470. The van der Waals surface area contributed by atoms with Crippen LogP contribution in [0.4, 0.5) is 24.5 Å². The van der Waals surface area contributed by atoms with E-state index in [1.807, 2.05) is 6.07 Å². The summed E-state index contributed by atoms with van der Waals surface area (Å²) in [6.07, 6.45) is 0.891. The lowest BCUT2D eigenvalue weighted by molar-refractivity contribution is -0.140. The molecule has 46 heavy (non-hydrogen) atoms. The second-order valence-corrected chi connectivity index (χ2v) is 13.8. The van der Waals surface area contributed by atoms with Crippen molar-refractivity contribution in [2.45, 2.75) is 74.3 Å². The molecule has 1 aliphatic carbocycles. The number of rotatable bonds is 10. The summed E-state index contributed by atoms with van der Waals surface area (Å²) in [4.78, 5) is 2.32. The first-order valence-corrected chi connectivity index (χ1v) is 17.0. The molecule has 0 unspecified atom stereocenters. The molecule has 2 aliphatic rings. The average molecular weight is 662 g/mol. The molecule has 5 rings (SSSR count). The van der Waals surface area contributed by atoms with Crippen molar-refractivity contribution in [3.8, 4) is 17.6 Å². The number of ether oxygens (including phenoxy) is 2. The number of anilines is 2. The van der Waals surface area contributed by atoms with E-state index in [-0.39, 0.29) is 29.2 Å². The van der Waals surface area contributed by atoms with Crippen molar-refractivity contribution < 1.29 is 31.1 Å². The third kappa shape index (κ3) is 8.47. The topological polar surface area (TPSA) is 96.9 Å². The fourth-order valence-electron chi connectivity index (χ4n) is 6.18. The number of nitrogens with zero attached hydrogens (tertiary/aromatic N) is 2. The van der Waals surface area contributed by atoms with Crippen molar-refractivity contribution in [1.29, 1.82) is 0 Å². The minimum atomic E-state index is -4.43. The van der Waals surface area contributed by atoms with Crippen molar-refractivity contribution in [3.05, 3.63) is 48.2 Å². The molecule has 13 heteroatoms. The van der Waals surface area contributed by atoms with E-state index in [9.17, 15) is 21.6 Å². The molecular weight excluding hydrogens is 619 g/mol. The molecule has 2 fully saturated rings. The number of nitrogens with one attached hydrogen (secondary N) is 3. The fraction of sp³-hybridized carbons (Fsp3) is 0.515. The standard InChI is InChI=1S/C33H42F3N5O4S/c1-40(2)25-11-9-23(10-12-25)38-29-7-4-8-31-28(29)20-26(41(31)22-33(34,35)36)6-5-17-37-30-14-13-27(21-32(30)44-3)46(42,43)39-24-15-18-45-19-16-24/h4,7-8,13-14,20-21,23-25,37-39H,9-12,15-19,22H2,1-3H3/t23-,25+. The Kier molecular flexibility index (Phi) is 10.7. The monoisotopic (exact) mass is 661 g/mol. The van der Waals surface area contributed by atoms with E-state index in [1.54, 1.807) is 24.3 Å². The van der Waals surface area contributed by atoms with Crippen molar-refractivity contribution in [2.24, 2.45) is 0 Å². The summed E-state index contributed by atoms with van der Waals surface area (Å²) in [5.74, 6) is 6.16. The lowest BCUT2D eigenvalue weighted by Crippen LogP contribution is -2.38. The van der Waals surface area contributed by atoms with Crippen LogP contribution in [0.15, 0.2) is 47.4 Å². The second-order valence-electron chi connectivity index (χ2n) is 12.1. The zero-order valence-electron chi connectivity index (χ0n) is 26.4. The van der Waals surface area contributed by atoms with Crippen molar-refractivity contribution in [3.63, 3.8) is 0 Å². The number of methoxy groups -OCH3 is 1. The van der Waals surface area contributed by atoms with E-state index in [0.717, 1.165) is 31.4 Å². The number of alkyl halides is 3. The van der Waals surface area contributed by atoms with Gasteiger partial charge in [0, 0.05) is 48.5 Å². The predicted octanol–water partition coefficient (Wildman–Crippen LogP) is 5.42. The highest BCUT2D eigenvalue weighted by molar-refractivity contribution is 7.89. The van der Waals surface area contributed by atoms with Gasteiger partial charge in [-0.05, 0) is 88.9 Å². The van der Waals surface area contributed by atoms with Crippen molar-refractivity contribution in [1.82, 2.24) is 14.2 Å². The van der Waals surface area contributed by atoms with E-state index in [0.29, 0.717) is 54.4 Å². The summed E-state index contributed by atoms with van der Waals surface area (Å²) in [5.41, 5.74) is 2.04. The second kappa shape index (κ2) is 14.5. The average Bonchev–Trinajstić information content (AvgIpc) is 3.36. The maximum Gasteiger partial charge on any atom is 0.406 e. The SMILES string of the molecule is COc1cc(S(=O)(=O)NC2CCOCC2)ccc1NCC#Cc1cc2c(N[C@H]3CC[C@@H](N(C)C)CC3)cccc2n1CC(F)(F)F. The van der Waals surface area contributed by atoms with Crippen LogP contribution in [0.1, 0.15) is 44.2 Å². The zero-order valence-corrected chi connectivity index (χ0v) is 27.2. The maximum absolute atomic E-state index is 13.7. The summed E-state index contributed by atoms with van der Waals surface area (Å²) in [5, 5.41) is 7.38. The lowest BCUT2D eigenvalue weighted by atomic mass is 9.90. The molecule has 3 N–H and O–H groups in total. The number of halogens is 3. The third-order valence-corrected chi connectivity index (χ3v) is 10.2. The minimum Gasteiger partial charge on any atom is -0.495 e. The maximum atomic E-state index is 13.7. The number of hydrogen-bond donors (Lipinski definition) is 3. The number of hydrogen-bond acceptors (Lipinski definition) is 7. The van der Waals surface area contributed by atoms with Crippen LogP contribution in [-0.2, 0) is 21.3 Å². The molecule has 250 valence electrons. The Morgan fingerprint density at radius 3 is 2.41 bits per heavy atom. The highest BCUT2D eigenvalue weighted by Crippen LogP contribution is 2.33. The van der Waals surface area contributed by atoms with Crippen molar-refractivity contribution in [2.75, 3.05) is 51.6 Å². The quantitative estimate of drug-likeness (QED) is 0.250. The summed E-state index contributed by atoms with van der Waals surface area (Å²) >= 11 is 0. The first-order valence-electron chi connectivity index (χ1n) is 15.6. The lowest BCUT2D eigenvalue weighted by Gasteiger charge is -2.33. The van der Waals surface area contributed by atoms with Gasteiger partial charge in [0.05, 0.1) is 35.4 Å². The molecule has 1 saturated carbocycles. The molecule has 1 aromatic heterocycles. The van der Waals surface area contributed by atoms with Crippen molar-refractivity contribution >= 4 is 32.3 Å². The van der Waals surface area contributed by atoms with Crippen LogP contribution in [0, 0.1) is 11.8 Å². The van der Waals surface area contributed by atoms with Gasteiger partial charge in [0.1, 0.15) is 12.3 Å². The van der Waals surface area contributed by atoms with Gasteiger partial charge in [-0.1, -0.05) is 12.0 Å². The largest absolute Gasteiger partial charge is 0.495 e. The third-order valence-electron chi connectivity index (χ3n) is 8.68. The normalized spacial score (nSPS) is 19.5. The van der Waals surface area contributed by atoms with E-state index < -0.39 is 22.7 Å². The van der Waals surface area contributed by atoms with Crippen LogP contribution < -0.4 is 20.1 Å². The molecule has 1 aliphatic heterocycles. The molecule has 0 amide bonds. The number of sulfonamides is 1. The van der Waals surface area contributed by atoms with Gasteiger partial charge < -0.3 is 29.6 Å². The van der Waals surface area contributed by atoms with Gasteiger partial charge in [-0.15, -0.1) is 0 Å². The van der Waals surface area contributed by atoms with E-state index in [2.05, 4.69) is 46.2 Å². The highest BCUT2D eigenvalue weighted by Gasteiger charge is 2.30. The highest BCUT2D eigenvalue weighted by atomic mass is 32.2. The predicted molar refractivity (Wildman–Crippen MR) is 174 cm³/mol. The van der Waals surface area contributed by atoms with Gasteiger partial charge in [0.15, 0.2) is 0 Å². The molecule has 1 saturated heterocycles. The number of fused-ring (bicyclic) bond motifs is 1. The Morgan fingerprint density at radius 1 is 1.00 bits per heavy atom. The molecule has 0 spiro atoms. The molecule has 2 aromatic carbocycles. The van der Waals surface area contributed by atoms with Crippen LogP contribution in [0.2, 0.25) is 0 Å². The number of aromatic nitrogens is 1. The Labute approximate surface area is 268 Å². The van der Waals surface area contributed by atoms with E-state index in [1.165, 1.54) is 23.8 Å². The molecular formula is C33H42F3N5O4S. The van der Waals surface area contributed by atoms with Gasteiger partial charge in [-0.2, -0.15) is 13.2 Å². The van der Waals surface area contributed by atoms with Gasteiger partial charge >= 0.3 is 6.18 Å². The smallest absolute Gasteiger partial charge is 0.406 e. The zero-order chi connectivity index (χ0) is 32.9. The molecule has 0 radical (unpaired) electrons. The summed E-state index contributed by atoms with van der Waals surface area (Å²) < 4.78 is 81.6. The van der Waals surface area contributed by atoms with Crippen LogP contribution in [0.25, 0.3) is 10.9 Å². The molecule has 2 heterocycles. The van der Waals surface area contributed by atoms with Gasteiger partial charge in [-0.3, -0.25) is 0 Å². The van der Waals surface area contributed by atoms with Crippen LogP contribution in [0.3, 0.4) is 0 Å². The van der Waals surface area contributed by atoms with Gasteiger partial charge in [-0.25, -0.2) is 13.1 Å².